The summed E-state index contributed by atoms with van der Waals surface area (Å²) in [6.07, 6.45) is 0.973. The number of nitrogens with one attached hydrogen (secondary N) is 1. The molecule has 14 heavy (non-hydrogen) atoms. The van der Waals surface area contributed by atoms with Gasteiger partial charge in [0.05, 0.1) is 0 Å². The van der Waals surface area contributed by atoms with E-state index < -0.39 is 0 Å². The Morgan fingerprint density at radius 1 is 1.50 bits per heavy atom. The van der Waals surface area contributed by atoms with Crippen LogP contribution < -0.4 is 10.9 Å². The molecule has 78 valence electrons. The molecule has 1 heterocycles. The molecule has 1 aromatic heterocycles. The summed E-state index contributed by atoms with van der Waals surface area (Å²) in [5, 5.41) is 3.16. The van der Waals surface area contributed by atoms with Gasteiger partial charge in [0.15, 0.2) is 0 Å². The highest BCUT2D eigenvalue weighted by Gasteiger charge is 2.01. The lowest BCUT2D eigenvalue weighted by Gasteiger charge is -2.13. The normalized spacial score (nSPS) is 12.8. The van der Waals surface area contributed by atoms with Crippen molar-refractivity contribution in [3.05, 3.63) is 34.2 Å². The van der Waals surface area contributed by atoms with Crippen molar-refractivity contribution in [2.24, 2.45) is 0 Å². The van der Waals surface area contributed by atoms with Crippen molar-refractivity contribution in [3.63, 3.8) is 0 Å². The van der Waals surface area contributed by atoms with Crippen LogP contribution in [0.15, 0.2) is 23.0 Å². The minimum absolute atomic E-state index is 0.0910. The van der Waals surface area contributed by atoms with Crippen LogP contribution in [0.1, 0.15) is 19.0 Å². The molecule has 0 aliphatic rings. The van der Waals surface area contributed by atoms with Gasteiger partial charge < -0.3 is 9.88 Å². The molecule has 3 heteroatoms. The van der Waals surface area contributed by atoms with Crippen molar-refractivity contribution in [1.82, 2.24) is 9.88 Å². The molecule has 0 amide bonds. The second-order valence-electron chi connectivity index (χ2n) is 3.64. The van der Waals surface area contributed by atoms with E-state index in [0.717, 1.165) is 18.7 Å². The van der Waals surface area contributed by atoms with Crippen molar-refractivity contribution in [2.75, 3.05) is 7.05 Å². The molecule has 0 aromatic carbocycles. The van der Waals surface area contributed by atoms with E-state index in [1.165, 1.54) is 0 Å². The molecule has 0 aliphatic heterocycles. The van der Waals surface area contributed by atoms with Crippen LogP contribution in [0.25, 0.3) is 0 Å². The summed E-state index contributed by atoms with van der Waals surface area (Å²) in [4.78, 5) is 11.5. The molecule has 0 radical (unpaired) electrons. The Balaban J connectivity index is 2.72. The summed E-state index contributed by atoms with van der Waals surface area (Å²) >= 11 is 0. The number of pyridine rings is 1. The lowest BCUT2D eigenvalue weighted by molar-refractivity contribution is 0.498. The minimum atomic E-state index is 0.0910. The predicted molar refractivity (Wildman–Crippen MR) is 58.6 cm³/mol. The van der Waals surface area contributed by atoms with Crippen molar-refractivity contribution < 1.29 is 0 Å². The Hall–Kier alpha value is -1.09. The van der Waals surface area contributed by atoms with Gasteiger partial charge in [-0.2, -0.15) is 0 Å². The third-order valence-electron chi connectivity index (χ3n) is 2.55. The predicted octanol–water partition coefficient (Wildman–Crippen LogP) is 1.15. The van der Waals surface area contributed by atoms with Gasteiger partial charge in [-0.15, -0.1) is 0 Å². The number of aryl methyl sites for hydroxylation is 1. The molecule has 0 spiro atoms. The van der Waals surface area contributed by atoms with E-state index in [4.69, 9.17) is 0 Å². The quantitative estimate of drug-likeness (QED) is 0.780. The Morgan fingerprint density at radius 2 is 2.21 bits per heavy atom. The zero-order valence-electron chi connectivity index (χ0n) is 9.08. The average Bonchev–Trinajstić information content (AvgIpc) is 2.16. The Morgan fingerprint density at radius 3 is 2.79 bits per heavy atom. The summed E-state index contributed by atoms with van der Waals surface area (Å²) in [6, 6.07) is 5.82. The molecule has 0 bridgehead atoms. The maximum atomic E-state index is 11.5. The van der Waals surface area contributed by atoms with E-state index in [2.05, 4.69) is 12.2 Å². The molecule has 0 saturated heterocycles. The first-order chi connectivity index (χ1) is 6.65. The van der Waals surface area contributed by atoms with Crippen LogP contribution in [0.4, 0.5) is 0 Å². The number of hydrogen-bond donors (Lipinski definition) is 1. The molecule has 1 N–H and O–H groups in total. The van der Waals surface area contributed by atoms with E-state index in [0.29, 0.717) is 6.04 Å². The van der Waals surface area contributed by atoms with E-state index in [-0.39, 0.29) is 5.56 Å². The van der Waals surface area contributed by atoms with E-state index in [1.54, 1.807) is 12.1 Å². The maximum Gasteiger partial charge on any atom is 0.250 e. The van der Waals surface area contributed by atoms with Crippen molar-refractivity contribution in [3.8, 4) is 0 Å². The van der Waals surface area contributed by atoms with Crippen LogP contribution >= 0.6 is 0 Å². The highest BCUT2D eigenvalue weighted by Crippen LogP contribution is 1.98. The largest absolute Gasteiger partial charge is 0.317 e. The smallest absolute Gasteiger partial charge is 0.250 e. The Labute approximate surface area is 84.8 Å². The first-order valence-corrected chi connectivity index (χ1v) is 4.99. The zero-order valence-corrected chi connectivity index (χ0v) is 9.08. The van der Waals surface area contributed by atoms with Crippen LogP contribution in [0, 0.1) is 6.92 Å². The SMILES string of the molecule is CNC(C)CCn1c(C)cccc1=O. The monoisotopic (exact) mass is 194 g/mol. The van der Waals surface area contributed by atoms with Gasteiger partial charge in [-0.25, -0.2) is 0 Å². The lowest BCUT2D eigenvalue weighted by Crippen LogP contribution is -2.27. The van der Waals surface area contributed by atoms with Crippen molar-refractivity contribution in [1.29, 1.82) is 0 Å². The molecule has 1 atom stereocenters. The van der Waals surface area contributed by atoms with Gasteiger partial charge in [0, 0.05) is 24.3 Å². The fourth-order valence-corrected chi connectivity index (χ4v) is 1.38. The minimum Gasteiger partial charge on any atom is -0.317 e. The first-order valence-electron chi connectivity index (χ1n) is 4.99. The zero-order chi connectivity index (χ0) is 10.6. The van der Waals surface area contributed by atoms with Crippen molar-refractivity contribution >= 4 is 0 Å². The van der Waals surface area contributed by atoms with Crippen LogP contribution in [-0.2, 0) is 6.54 Å². The molecular formula is C11H18N2O. The standard InChI is InChI=1S/C11H18N2O/c1-9(12-3)7-8-13-10(2)5-4-6-11(13)14/h4-6,9,12H,7-8H2,1-3H3. The van der Waals surface area contributed by atoms with Crippen LogP contribution in [0.3, 0.4) is 0 Å². The van der Waals surface area contributed by atoms with Crippen LogP contribution in [-0.4, -0.2) is 17.7 Å². The second-order valence-corrected chi connectivity index (χ2v) is 3.64. The van der Waals surface area contributed by atoms with Gasteiger partial charge in [0.2, 0.25) is 0 Å². The maximum absolute atomic E-state index is 11.5. The average molecular weight is 194 g/mol. The first kappa shape index (κ1) is 11.0. The molecule has 0 saturated carbocycles. The topological polar surface area (TPSA) is 34.0 Å². The van der Waals surface area contributed by atoms with Crippen molar-refractivity contribution in [2.45, 2.75) is 32.9 Å². The molecule has 1 aromatic rings. The summed E-state index contributed by atoms with van der Waals surface area (Å²) in [7, 11) is 1.94. The molecule has 0 fully saturated rings. The van der Waals surface area contributed by atoms with Crippen LogP contribution in [0.5, 0.6) is 0 Å². The number of nitrogens with zero attached hydrogens (tertiary/aromatic N) is 1. The molecule has 1 rings (SSSR count). The summed E-state index contributed by atoms with van der Waals surface area (Å²) in [5.74, 6) is 0. The molecule has 0 aliphatic carbocycles. The Bertz CT molecular complexity index is 343. The third kappa shape index (κ3) is 2.70. The lowest BCUT2D eigenvalue weighted by atomic mass is 10.2. The van der Waals surface area contributed by atoms with Gasteiger partial charge in [0.1, 0.15) is 0 Å². The molecule has 3 nitrogen and oxygen atoms in total. The number of rotatable bonds is 4. The van der Waals surface area contributed by atoms with Gasteiger partial charge in [-0.3, -0.25) is 4.79 Å². The molecular weight excluding hydrogens is 176 g/mol. The fraction of sp³-hybridized carbons (Fsp3) is 0.545. The third-order valence-corrected chi connectivity index (χ3v) is 2.55. The van der Waals surface area contributed by atoms with Gasteiger partial charge in [-0.05, 0) is 33.4 Å². The van der Waals surface area contributed by atoms with Gasteiger partial charge >= 0.3 is 0 Å². The number of aromatic nitrogens is 1. The van der Waals surface area contributed by atoms with E-state index >= 15 is 0 Å². The Kier molecular flexibility index (Phi) is 3.89. The van der Waals surface area contributed by atoms with Gasteiger partial charge in [-0.1, -0.05) is 6.07 Å². The fourth-order valence-electron chi connectivity index (χ4n) is 1.38. The summed E-state index contributed by atoms with van der Waals surface area (Å²) in [6.45, 7) is 4.86. The summed E-state index contributed by atoms with van der Waals surface area (Å²) in [5.41, 5.74) is 1.12. The summed E-state index contributed by atoms with van der Waals surface area (Å²) < 4.78 is 1.81. The van der Waals surface area contributed by atoms with Gasteiger partial charge in [0.25, 0.3) is 5.56 Å². The highest BCUT2D eigenvalue weighted by atomic mass is 16.1. The van der Waals surface area contributed by atoms with Crippen LogP contribution in [0.2, 0.25) is 0 Å². The number of hydrogen-bond acceptors (Lipinski definition) is 2. The molecule has 1 unspecified atom stereocenters. The van der Waals surface area contributed by atoms with E-state index in [1.807, 2.05) is 24.6 Å². The highest BCUT2D eigenvalue weighted by molar-refractivity contribution is 5.04. The second kappa shape index (κ2) is 4.96. The van der Waals surface area contributed by atoms with E-state index in [9.17, 15) is 4.79 Å².